The molecule has 2 aromatic heterocycles. The Morgan fingerprint density at radius 1 is 1.61 bits per heavy atom. The minimum Gasteiger partial charge on any atom is -0.303 e. The van der Waals surface area contributed by atoms with Crippen molar-refractivity contribution in [2.24, 2.45) is 7.05 Å². The minimum absolute atomic E-state index is 0.0776. The van der Waals surface area contributed by atoms with Crippen LogP contribution in [0.25, 0.3) is 0 Å². The molecular formula is C10H13N5OS2. The molecule has 96 valence electrons. The van der Waals surface area contributed by atoms with Crippen molar-refractivity contribution < 1.29 is 4.79 Å². The summed E-state index contributed by atoms with van der Waals surface area (Å²) in [5.74, 6) is 0.723. The molecular weight excluding hydrogens is 270 g/mol. The number of hydrogen-bond acceptors (Lipinski definition) is 7. The van der Waals surface area contributed by atoms with Crippen molar-refractivity contribution in [2.45, 2.75) is 24.4 Å². The van der Waals surface area contributed by atoms with E-state index in [0.29, 0.717) is 0 Å². The Morgan fingerprint density at radius 3 is 3.00 bits per heavy atom. The summed E-state index contributed by atoms with van der Waals surface area (Å²) in [6.07, 6.45) is 1.76. The third-order valence-corrected chi connectivity index (χ3v) is 4.63. The lowest BCUT2D eigenvalue weighted by Gasteiger charge is -2.07. The highest BCUT2D eigenvalue weighted by atomic mass is 32.2. The fourth-order valence-corrected chi connectivity index (χ4v) is 3.32. The molecule has 0 spiro atoms. The van der Waals surface area contributed by atoms with E-state index < -0.39 is 0 Å². The lowest BCUT2D eigenvalue weighted by atomic mass is 10.1. The Balaban J connectivity index is 1.91. The second-order valence-corrected chi connectivity index (χ2v) is 5.72. The summed E-state index contributed by atoms with van der Waals surface area (Å²) >= 11 is 3.09. The molecule has 0 aliphatic carbocycles. The number of carbonyl (C=O) groups excluding carboxylic acids is 1. The predicted molar refractivity (Wildman–Crippen MR) is 69.8 cm³/mol. The van der Waals surface area contributed by atoms with Crippen molar-refractivity contribution in [3.8, 4) is 0 Å². The Kier molecular flexibility index (Phi) is 4.43. The first-order valence-corrected chi connectivity index (χ1v) is 7.29. The first kappa shape index (κ1) is 13.2. The van der Waals surface area contributed by atoms with Gasteiger partial charge in [-0.3, -0.25) is 0 Å². The van der Waals surface area contributed by atoms with E-state index >= 15 is 0 Å². The largest absolute Gasteiger partial charge is 0.303 e. The SMILES string of the molecule is Cc1ncsc1C(C=O)CCSc1nnnn1C. The molecule has 1 unspecified atom stereocenters. The summed E-state index contributed by atoms with van der Waals surface area (Å²) in [7, 11) is 1.80. The highest BCUT2D eigenvalue weighted by molar-refractivity contribution is 7.99. The zero-order chi connectivity index (χ0) is 13.0. The molecule has 18 heavy (non-hydrogen) atoms. The fourth-order valence-electron chi connectivity index (χ4n) is 1.55. The Morgan fingerprint density at radius 2 is 2.44 bits per heavy atom. The monoisotopic (exact) mass is 283 g/mol. The van der Waals surface area contributed by atoms with Gasteiger partial charge in [-0.15, -0.1) is 16.4 Å². The molecule has 0 aliphatic heterocycles. The zero-order valence-corrected chi connectivity index (χ0v) is 11.7. The molecule has 0 bridgehead atoms. The van der Waals surface area contributed by atoms with Crippen molar-refractivity contribution >= 4 is 29.4 Å². The van der Waals surface area contributed by atoms with E-state index in [1.54, 1.807) is 29.0 Å². The normalized spacial score (nSPS) is 12.6. The molecule has 0 N–H and O–H groups in total. The lowest BCUT2D eigenvalue weighted by Crippen LogP contribution is -2.02. The average molecular weight is 283 g/mol. The number of aromatic nitrogens is 5. The maximum Gasteiger partial charge on any atom is 0.209 e. The Bertz CT molecular complexity index is 524. The molecule has 2 aromatic rings. The predicted octanol–water partition coefficient (Wildman–Crippen LogP) is 1.44. The zero-order valence-electron chi connectivity index (χ0n) is 10.1. The maximum atomic E-state index is 11.1. The highest BCUT2D eigenvalue weighted by Crippen LogP contribution is 2.27. The minimum atomic E-state index is -0.0776. The number of nitrogens with zero attached hydrogens (tertiary/aromatic N) is 5. The molecule has 0 aromatic carbocycles. The number of aldehydes is 1. The molecule has 6 nitrogen and oxygen atoms in total. The third-order valence-electron chi connectivity index (χ3n) is 2.52. The summed E-state index contributed by atoms with van der Waals surface area (Å²) in [6, 6.07) is 0. The standard InChI is InChI=1S/C10H13N5OS2/c1-7-9(18-6-11-7)8(5-16)3-4-17-10-12-13-14-15(10)2/h5-6,8H,3-4H2,1-2H3. The first-order valence-electron chi connectivity index (χ1n) is 5.42. The molecule has 0 aliphatic rings. The summed E-state index contributed by atoms with van der Waals surface area (Å²) in [4.78, 5) is 16.4. The molecule has 0 fully saturated rings. The van der Waals surface area contributed by atoms with E-state index in [2.05, 4.69) is 20.5 Å². The van der Waals surface area contributed by atoms with Crippen LogP contribution in [-0.4, -0.2) is 37.2 Å². The van der Waals surface area contributed by atoms with Crippen LogP contribution < -0.4 is 0 Å². The van der Waals surface area contributed by atoms with Crippen LogP contribution in [0.1, 0.15) is 22.9 Å². The van der Waals surface area contributed by atoms with Crippen molar-refractivity contribution in [1.29, 1.82) is 0 Å². The second-order valence-electron chi connectivity index (χ2n) is 3.77. The van der Waals surface area contributed by atoms with Gasteiger partial charge in [0.1, 0.15) is 6.29 Å². The topological polar surface area (TPSA) is 73.6 Å². The van der Waals surface area contributed by atoms with Crippen molar-refractivity contribution in [3.05, 3.63) is 16.1 Å². The molecule has 0 amide bonds. The van der Waals surface area contributed by atoms with E-state index in [9.17, 15) is 4.79 Å². The van der Waals surface area contributed by atoms with Crippen molar-refractivity contribution in [1.82, 2.24) is 25.2 Å². The van der Waals surface area contributed by atoms with Gasteiger partial charge in [0, 0.05) is 17.7 Å². The molecule has 0 radical (unpaired) electrons. The number of aryl methyl sites for hydroxylation is 2. The fraction of sp³-hybridized carbons (Fsp3) is 0.500. The van der Waals surface area contributed by atoms with Gasteiger partial charge in [0.2, 0.25) is 5.16 Å². The summed E-state index contributed by atoms with van der Waals surface area (Å²) < 4.78 is 1.62. The molecule has 2 heterocycles. The van der Waals surface area contributed by atoms with Crippen LogP contribution in [0.15, 0.2) is 10.7 Å². The van der Waals surface area contributed by atoms with E-state index in [1.807, 2.05) is 6.92 Å². The molecule has 8 heteroatoms. The van der Waals surface area contributed by atoms with Crippen molar-refractivity contribution in [2.75, 3.05) is 5.75 Å². The van der Waals surface area contributed by atoms with Gasteiger partial charge in [0.25, 0.3) is 0 Å². The van der Waals surface area contributed by atoms with Gasteiger partial charge in [0.15, 0.2) is 0 Å². The number of carbonyl (C=O) groups is 1. The molecule has 1 atom stereocenters. The summed E-state index contributed by atoms with van der Waals surface area (Å²) in [5.41, 5.74) is 2.73. The maximum absolute atomic E-state index is 11.1. The molecule has 0 saturated heterocycles. The number of tetrazole rings is 1. The second kappa shape index (κ2) is 6.05. The number of hydrogen-bond donors (Lipinski definition) is 0. The van der Waals surface area contributed by atoms with Gasteiger partial charge in [0.05, 0.1) is 17.1 Å². The number of rotatable bonds is 6. The van der Waals surface area contributed by atoms with Crippen LogP contribution in [0, 0.1) is 6.92 Å². The first-order chi connectivity index (χ1) is 8.72. The highest BCUT2D eigenvalue weighted by Gasteiger charge is 2.15. The van der Waals surface area contributed by atoms with Gasteiger partial charge in [-0.1, -0.05) is 11.8 Å². The molecule has 2 rings (SSSR count). The molecule has 0 saturated carbocycles. The van der Waals surface area contributed by atoms with E-state index in [1.165, 1.54) is 11.3 Å². The van der Waals surface area contributed by atoms with Gasteiger partial charge in [-0.2, -0.15) is 0 Å². The van der Waals surface area contributed by atoms with Crippen molar-refractivity contribution in [3.63, 3.8) is 0 Å². The summed E-state index contributed by atoms with van der Waals surface area (Å²) in [6.45, 7) is 1.93. The van der Waals surface area contributed by atoms with Crippen LogP contribution in [-0.2, 0) is 11.8 Å². The average Bonchev–Trinajstić information content (AvgIpc) is 2.95. The van der Waals surface area contributed by atoms with Crippen LogP contribution in [0.3, 0.4) is 0 Å². The number of thioether (sulfide) groups is 1. The van der Waals surface area contributed by atoms with Crippen LogP contribution in [0.4, 0.5) is 0 Å². The quantitative estimate of drug-likeness (QED) is 0.590. The third kappa shape index (κ3) is 2.94. The van der Waals surface area contributed by atoms with Crippen LogP contribution >= 0.6 is 23.1 Å². The van der Waals surface area contributed by atoms with E-state index in [0.717, 1.165) is 34.2 Å². The number of thiazole rings is 1. The van der Waals surface area contributed by atoms with Gasteiger partial charge >= 0.3 is 0 Å². The van der Waals surface area contributed by atoms with Gasteiger partial charge in [-0.25, -0.2) is 9.67 Å². The Hall–Kier alpha value is -1.28. The Labute approximate surface area is 113 Å². The summed E-state index contributed by atoms with van der Waals surface area (Å²) in [5, 5.41) is 12.0. The lowest BCUT2D eigenvalue weighted by molar-refractivity contribution is -0.109. The van der Waals surface area contributed by atoms with E-state index in [-0.39, 0.29) is 5.92 Å². The van der Waals surface area contributed by atoms with Gasteiger partial charge in [-0.05, 0) is 23.8 Å². The smallest absolute Gasteiger partial charge is 0.209 e. The van der Waals surface area contributed by atoms with Crippen LogP contribution in [0.2, 0.25) is 0 Å². The van der Waals surface area contributed by atoms with Gasteiger partial charge < -0.3 is 4.79 Å². The van der Waals surface area contributed by atoms with Crippen LogP contribution in [0.5, 0.6) is 0 Å². The van der Waals surface area contributed by atoms with E-state index in [4.69, 9.17) is 0 Å².